The van der Waals surface area contributed by atoms with E-state index in [1.54, 1.807) is 0 Å². The van der Waals surface area contributed by atoms with Crippen LogP contribution >= 0.6 is 0 Å². The van der Waals surface area contributed by atoms with E-state index in [0.717, 1.165) is 70.6 Å². The number of benzene rings is 1. The van der Waals surface area contributed by atoms with Crippen LogP contribution in [-0.2, 0) is 0 Å². The number of aromatic carboxylic acids is 1. The predicted molar refractivity (Wildman–Crippen MR) is 202 cm³/mol. The zero-order valence-electron chi connectivity index (χ0n) is 31.0. The van der Waals surface area contributed by atoms with E-state index in [2.05, 4.69) is 38.0 Å². The molecule has 49 heavy (non-hydrogen) atoms. The molecule has 0 heterocycles. The van der Waals surface area contributed by atoms with Crippen LogP contribution in [0.2, 0.25) is 0 Å². The molecular weight excluding hydrogens is 619 g/mol. The van der Waals surface area contributed by atoms with Gasteiger partial charge < -0.3 is 24.1 Å². The maximum Gasteiger partial charge on any atom is 1.00 e. The third-order valence-corrected chi connectivity index (χ3v) is 8.13. The smallest absolute Gasteiger partial charge is 0.545 e. The summed E-state index contributed by atoms with van der Waals surface area (Å²) in [7, 11) is 0. The number of ether oxygens (including phenoxy) is 3. The van der Waals surface area contributed by atoms with Crippen molar-refractivity contribution in [2.24, 2.45) is 0 Å². The number of carboxylic acid groups (broad SMARTS) is 1. The van der Waals surface area contributed by atoms with Gasteiger partial charge in [-0.3, -0.25) is 0 Å². The quantitative estimate of drug-likeness (QED) is 0.0413. The number of unbranched alkanes of at least 4 members (excludes halogenated alkanes) is 18. The summed E-state index contributed by atoms with van der Waals surface area (Å²) in [6.45, 7) is 12.7. The van der Waals surface area contributed by atoms with E-state index in [1.165, 1.54) is 76.3 Å². The molecule has 0 aliphatic rings. The van der Waals surface area contributed by atoms with Gasteiger partial charge >= 0.3 is 29.6 Å². The van der Waals surface area contributed by atoms with Crippen LogP contribution in [0.15, 0.2) is 86.6 Å². The van der Waals surface area contributed by atoms with Crippen LogP contribution in [0, 0.1) is 0 Å². The fourth-order valence-electron chi connectivity index (χ4n) is 5.38. The minimum atomic E-state index is -1.25. The second-order valence-corrected chi connectivity index (χ2v) is 12.4. The summed E-state index contributed by atoms with van der Waals surface area (Å²) >= 11 is 0. The fourth-order valence-corrected chi connectivity index (χ4v) is 5.38. The molecule has 0 saturated carbocycles. The number of carboxylic acids is 1. The molecule has 1 aromatic rings. The Hall–Kier alpha value is -2.47. The molecular formula is C43H65NaO5. The van der Waals surface area contributed by atoms with Gasteiger partial charge in [-0.25, -0.2) is 0 Å². The Balaban J connectivity index is 0.0000230. The van der Waals surface area contributed by atoms with Gasteiger partial charge in [0.25, 0.3) is 0 Å². The minimum absolute atomic E-state index is 0. The molecule has 0 atom stereocenters. The average molecular weight is 685 g/mol. The van der Waals surface area contributed by atoms with Crippen LogP contribution in [0.5, 0.6) is 17.2 Å². The number of hydrogen-bond acceptors (Lipinski definition) is 5. The number of allylic oxidation sites excluding steroid dienone is 9. The maximum atomic E-state index is 11.9. The zero-order chi connectivity index (χ0) is 34.8. The Morgan fingerprint density at radius 3 is 1.14 bits per heavy atom. The third kappa shape index (κ3) is 27.0. The number of rotatable bonds is 34. The van der Waals surface area contributed by atoms with Gasteiger partial charge in [0.2, 0.25) is 5.75 Å². The van der Waals surface area contributed by atoms with Gasteiger partial charge in [0.1, 0.15) is 0 Å². The summed E-state index contributed by atoms with van der Waals surface area (Å²) in [6.07, 6.45) is 41.6. The molecule has 0 aliphatic carbocycles. The molecule has 1 aromatic carbocycles. The summed E-state index contributed by atoms with van der Waals surface area (Å²) in [6, 6.07) is 3.05. The minimum Gasteiger partial charge on any atom is -0.545 e. The van der Waals surface area contributed by atoms with Gasteiger partial charge in [-0.1, -0.05) is 151 Å². The summed E-state index contributed by atoms with van der Waals surface area (Å²) in [5.41, 5.74) is 0.0475. The SMILES string of the molecule is C=C/C=C/CCCCCCCCOc1cc(C(=O)[O-])cc(OCCCCCCCC/C=C/C=C)c1OCCCCCCCC/C=C/C=C.[Na+]. The van der Waals surface area contributed by atoms with E-state index >= 15 is 0 Å². The molecule has 0 aromatic heterocycles. The van der Waals surface area contributed by atoms with Crippen molar-refractivity contribution in [1.29, 1.82) is 0 Å². The molecule has 0 fully saturated rings. The van der Waals surface area contributed by atoms with Crippen molar-refractivity contribution in [3.05, 3.63) is 92.1 Å². The van der Waals surface area contributed by atoms with Crippen LogP contribution in [0.4, 0.5) is 0 Å². The number of hydrogen-bond donors (Lipinski definition) is 0. The predicted octanol–water partition coefficient (Wildman–Crippen LogP) is 8.61. The Kier molecular flexibility index (Phi) is 33.6. The first-order valence-corrected chi connectivity index (χ1v) is 18.7. The van der Waals surface area contributed by atoms with Crippen molar-refractivity contribution in [3.8, 4) is 17.2 Å². The van der Waals surface area contributed by atoms with E-state index in [-0.39, 0.29) is 35.1 Å². The van der Waals surface area contributed by atoms with E-state index < -0.39 is 5.97 Å². The Morgan fingerprint density at radius 2 is 0.816 bits per heavy atom. The largest absolute Gasteiger partial charge is 1.00 e. The number of carbonyl (C=O) groups is 1. The Bertz CT molecular complexity index is 1020. The van der Waals surface area contributed by atoms with E-state index in [1.807, 2.05) is 36.5 Å². The Labute approximate surface area is 322 Å². The summed E-state index contributed by atoms with van der Waals surface area (Å²) < 4.78 is 18.6. The molecule has 268 valence electrons. The topological polar surface area (TPSA) is 67.8 Å². The van der Waals surface area contributed by atoms with Crippen molar-refractivity contribution in [2.75, 3.05) is 19.8 Å². The third-order valence-electron chi connectivity index (χ3n) is 8.13. The molecule has 0 amide bonds. The van der Waals surface area contributed by atoms with Crippen molar-refractivity contribution in [2.45, 2.75) is 135 Å². The molecule has 0 aliphatic heterocycles. The standard InChI is InChI=1S/C43H66O5.Na/c1-4-7-10-13-16-19-22-25-28-31-34-46-40-37-39(43(44)45)38-41(47-35-32-29-26-23-20-17-14-11-8-5-2)42(40)48-36-33-30-27-24-21-18-15-12-9-6-3;/h4-12,37-38H,1-3,13-36H2,(H,44,45);/q;+1/p-1/b10-7+,11-8+,12-9+;. The van der Waals surface area contributed by atoms with Crippen LogP contribution in [0.3, 0.4) is 0 Å². The fraction of sp³-hybridized carbons (Fsp3) is 0.558. The molecule has 0 N–H and O–H groups in total. The van der Waals surface area contributed by atoms with Crippen molar-refractivity contribution in [1.82, 2.24) is 0 Å². The molecule has 0 spiro atoms. The van der Waals surface area contributed by atoms with Crippen LogP contribution in [0.25, 0.3) is 0 Å². The summed E-state index contributed by atoms with van der Waals surface area (Å²) in [4.78, 5) is 11.9. The van der Waals surface area contributed by atoms with Gasteiger partial charge in [0.15, 0.2) is 11.5 Å². The van der Waals surface area contributed by atoms with Gasteiger partial charge in [0, 0.05) is 5.56 Å². The summed E-state index contributed by atoms with van der Waals surface area (Å²) in [5, 5.41) is 11.9. The number of carbonyl (C=O) groups excluding carboxylic acids is 1. The van der Waals surface area contributed by atoms with Crippen molar-refractivity contribution in [3.63, 3.8) is 0 Å². The van der Waals surface area contributed by atoms with Gasteiger partial charge in [-0.2, -0.15) is 0 Å². The van der Waals surface area contributed by atoms with Crippen molar-refractivity contribution < 1.29 is 53.7 Å². The van der Waals surface area contributed by atoms with E-state index in [0.29, 0.717) is 37.1 Å². The zero-order valence-corrected chi connectivity index (χ0v) is 33.0. The normalized spacial score (nSPS) is 11.2. The molecule has 0 radical (unpaired) electrons. The maximum absolute atomic E-state index is 11.9. The molecule has 6 heteroatoms. The van der Waals surface area contributed by atoms with E-state index in [9.17, 15) is 9.90 Å². The van der Waals surface area contributed by atoms with Crippen LogP contribution < -0.4 is 48.9 Å². The second-order valence-electron chi connectivity index (χ2n) is 12.4. The monoisotopic (exact) mass is 684 g/mol. The molecule has 0 bridgehead atoms. The van der Waals surface area contributed by atoms with Crippen LogP contribution in [0.1, 0.15) is 145 Å². The molecule has 0 saturated heterocycles. The average Bonchev–Trinajstić information content (AvgIpc) is 3.08. The van der Waals surface area contributed by atoms with E-state index in [4.69, 9.17) is 14.2 Å². The summed E-state index contributed by atoms with van der Waals surface area (Å²) in [5.74, 6) is 0.119. The van der Waals surface area contributed by atoms with Gasteiger partial charge in [-0.15, -0.1) is 0 Å². The second kappa shape index (κ2) is 35.4. The Morgan fingerprint density at radius 1 is 0.510 bits per heavy atom. The van der Waals surface area contributed by atoms with Crippen molar-refractivity contribution >= 4 is 5.97 Å². The molecule has 0 unspecified atom stereocenters. The van der Waals surface area contributed by atoms with Gasteiger partial charge in [0.05, 0.1) is 25.8 Å². The first kappa shape index (κ1) is 46.5. The van der Waals surface area contributed by atoms with Crippen LogP contribution in [-0.4, -0.2) is 25.8 Å². The first-order valence-electron chi connectivity index (χ1n) is 18.7. The first-order chi connectivity index (χ1) is 23.6. The molecule has 1 rings (SSSR count). The van der Waals surface area contributed by atoms with Gasteiger partial charge in [-0.05, 0) is 69.9 Å². The molecule has 5 nitrogen and oxygen atoms in total.